The maximum absolute atomic E-state index is 9.78. The second kappa shape index (κ2) is 2.25. The van der Waals surface area contributed by atoms with Crippen LogP contribution >= 0.6 is 0 Å². The minimum Gasteiger partial charge on any atom is -0.442 e. The van der Waals surface area contributed by atoms with Crippen molar-refractivity contribution in [2.75, 3.05) is 0 Å². The van der Waals surface area contributed by atoms with Gasteiger partial charge in [0.1, 0.15) is 0 Å². The predicted molar refractivity (Wildman–Crippen MR) is 27.2 cm³/mol. The highest BCUT2D eigenvalue weighted by Gasteiger charge is 2.02. The van der Waals surface area contributed by atoms with E-state index in [9.17, 15) is 10.1 Å². The van der Waals surface area contributed by atoms with Gasteiger partial charge in [0.15, 0.2) is 12.2 Å². The van der Waals surface area contributed by atoms with Gasteiger partial charge in [-0.1, -0.05) is 0 Å². The molecule has 0 saturated heterocycles. The van der Waals surface area contributed by atoms with Gasteiger partial charge in [-0.15, -0.1) is 0 Å². The van der Waals surface area contributed by atoms with Gasteiger partial charge in [-0.25, -0.2) is 4.98 Å². The Kier molecular flexibility index (Phi) is 1.44. The van der Waals surface area contributed by atoms with Gasteiger partial charge in [0, 0.05) is 4.92 Å². The van der Waals surface area contributed by atoms with E-state index in [1.54, 1.807) is 0 Å². The number of oxazole rings is 1. The van der Waals surface area contributed by atoms with E-state index in [0.29, 0.717) is 0 Å². The van der Waals surface area contributed by atoms with Crippen LogP contribution in [-0.4, -0.2) is 9.91 Å². The van der Waals surface area contributed by atoms with Crippen molar-refractivity contribution in [3.05, 3.63) is 28.5 Å². The molecule has 0 unspecified atom stereocenters. The second-order valence-electron chi connectivity index (χ2n) is 1.46. The quantitative estimate of drug-likeness (QED) is 0.428. The van der Waals surface area contributed by atoms with Crippen LogP contribution in [0.5, 0.6) is 0 Å². The molecule has 9 heavy (non-hydrogen) atoms. The monoisotopic (exact) mass is 128 g/mol. The molecule has 0 radical (unpaired) electrons. The molecule has 0 bridgehead atoms. The van der Waals surface area contributed by atoms with E-state index >= 15 is 0 Å². The van der Waals surface area contributed by atoms with E-state index in [2.05, 4.69) is 9.40 Å². The first-order valence-electron chi connectivity index (χ1n) is 2.28. The maximum atomic E-state index is 9.78. The summed E-state index contributed by atoms with van der Waals surface area (Å²) in [5.74, 6) is 0.278. The number of nitro groups is 1. The van der Waals surface area contributed by atoms with Crippen molar-refractivity contribution < 1.29 is 9.34 Å². The van der Waals surface area contributed by atoms with Crippen molar-refractivity contribution in [2.45, 2.75) is 6.54 Å². The standard InChI is InChI=1S/C4H4N2O3/c7-6(8)2-4-1-5-3-9-4/h1,3H,2H2. The third-order valence-corrected chi connectivity index (χ3v) is 0.768. The van der Waals surface area contributed by atoms with Crippen LogP contribution in [0.3, 0.4) is 0 Å². The van der Waals surface area contributed by atoms with Crippen LogP contribution in [-0.2, 0) is 6.54 Å². The molecule has 0 N–H and O–H groups in total. The molecule has 0 saturated carbocycles. The first-order chi connectivity index (χ1) is 4.29. The lowest BCUT2D eigenvalue weighted by molar-refractivity contribution is -0.499. The molecule has 1 heterocycles. The van der Waals surface area contributed by atoms with Crippen LogP contribution in [0.15, 0.2) is 17.0 Å². The van der Waals surface area contributed by atoms with Gasteiger partial charge in [-0.3, -0.25) is 10.1 Å². The Morgan fingerprint density at radius 1 is 1.89 bits per heavy atom. The van der Waals surface area contributed by atoms with Gasteiger partial charge < -0.3 is 4.42 Å². The molecule has 0 amide bonds. The van der Waals surface area contributed by atoms with E-state index in [1.807, 2.05) is 0 Å². The summed E-state index contributed by atoms with van der Waals surface area (Å²) in [5, 5.41) is 9.78. The number of hydrogen-bond acceptors (Lipinski definition) is 4. The Morgan fingerprint density at radius 2 is 2.67 bits per heavy atom. The zero-order valence-electron chi connectivity index (χ0n) is 4.48. The van der Waals surface area contributed by atoms with Gasteiger partial charge in [-0.2, -0.15) is 0 Å². The summed E-state index contributed by atoms with van der Waals surface area (Å²) in [6.07, 6.45) is 2.49. The Balaban J connectivity index is 2.58. The van der Waals surface area contributed by atoms with Crippen LogP contribution in [0, 0.1) is 10.1 Å². The van der Waals surface area contributed by atoms with E-state index in [4.69, 9.17) is 0 Å². The highest BCUT2D eigenvalue weighted by molar-refractivity contribution is 4.84. The van der Waals surface area contributed by atoms with Crippen molar-refractivity contribution in [3.8, 4) is 0 Å². The fourth-order valence-corrected chi connectivity index (χ4v) is 0.447. The molecule has 0 aliphatic rings. The molecule has 0 spiro atoms. The maximum Gasteiger partial charge on any atom is 0.262 e. The first kappa shape index (κ1) is 5.74. The Labute approximate surface area is 50.5 Å². The lowest BCUT2D eigenvalue weighted by Gasteiger charge is -1.83. The third kappa shape index (κ3) is 1.52. The molecular weight excluding hydrogens is 124 g/mol. The molecule has 5 heteroatoms. The molecule has 5 nitrogen and oxygen atoms in total. The van der Waals surface area contributed by atoms with Crippen LogP contribution in [0.2, 0.25) is 0 Å². The van der Waals surface area contributed by atoms with Crippen LogP contribution in [0.4, 0.5) is 0 Å². The smallest absolute Gasteiger partial charge is 0.262 e. The summed E-state index contributed by atoms with van der Waals surface area (Å²) in [6, 6.07) is 0. The van der Waals surface area contributed by atoms with E-state index < -0.39 is 4.92 Å². The van der Waals surface area contributed by atoms with E-state index in [1.165, 1.54) is 12.6 Å². The summed E-state index contributed by atoms with van der Waals surface area (Å²) in [6.45, 7) is -0.292. The molecule has 0 aliphatic carbocycles. The average molecular weight is 128 g/mol. The summed E-state index contributed by atoms with van der Waals surface area (Å²) in [4.78, 5) is 12.8. The summed E-state index contributed by atoms with van der Waals surface area (Å²) in [5.41, 5.74) is 0. The molecule has 0 fully saturated rings. The third-order valence-electron chi connectivity index (χ3n) is 0.768. The lowest BCUT2D eigenvalue weighted by Crippen LogP contribution is -1.95. The van der Waals surface area contributed by atoms with Gasteiger partial charge >= 0.3 is 0 Å². The van der Waals surface area contributed by atoms with Gasteiger partial charge in [0.2, 0.25) is 0 Å². The van der Waals surface area contributed by atoms with E-state index in [-0.39, 0.29) is 12.3 Å². The van der Waals surface area contributed by atoms with Gasteiger partial charge in [0.25, 0.3) is 6.54 Å². The molecule has 0 atom stereocenters. The molecule has 48 valence electrons. The van der Waals surface area contributed by atoms with Crippen molar-refractivity contribution in [1.82, 2.24) is 4.98 Å². The molecule has 0 aliphatic heterocycles. The number of aromatic nitrogens is 1. The highest BCUT2D eigenvalue weighted by Crippen LogP contribution is 1.96. The number of hydrogen-bond donors (Lipinski definition) is 0. The largest absolute Gasteiger partial charge is 0.442 e. The minimum absolute atomic E-state index is 0.278. The minimum atomic E-state index is -0.472. The number of nitrogens with zero attached hydrogens (tertiary/aromatic N) is 2. The Bertz CT molecular complexity index is 194. The highest BCUT2D eigenvalue weighted by atomic mass is 16.6. The summed E-state index contributed by atoms with van der Waals surface area (Å²) < 4.78 is 4.59. The first-order valence-corrected chi connectivity index (χ1v) is 2.28. The molecule has 1 aromatic heterocycles. The van der Waals surface area contributed by atoms with Gasteiger partial charge in [-0.05, 0) is 0 Å². The SMILES string of the molecule is O=[N+]([O-])Cc1cnco1. The molecular formula is C4H4N2O3. The predicted octanol–water partition coefficient (Wildman–Crippen LogP) is 0.451. The normalized spacial score (nSPS) is 9.33. The lowest BCUT2D eigenvalue weighted by atomic mass is 10.5. The second-order valence-corrected chi connectivity index (χ2v) is 1.46. The molecule has 1 aromatic rings. The summed E-state index contributed by atoms with van der Waals surface area (Å²) in [7, 11) is 0. The Hall–Kier alpha value is -1.39. The fraction of sp³-hybridized carbons (Fsp3) is 0.250. The van der Waals surface area contributed by atoms with Crippen LogP contribution in [0.25, 0.3) is 0 Å². The molecule has 0 aromatic carbocycles. The zero-order valence-corrected chi connectivity index (χ0v) is 4.48. The zero-order chi connectivity index (χ0) is 6.69. The molecule has 1 rings (SSSR count). The summed E-state index contributed by atoms with van der Waals surface area (Å²) >= 11 is 0. The van der Waals surface area contributed by atoms with Crippen LogP contribution in [0.1, 0.15) is 5.76 Å². The van der Waals surface area contributed by atoms with Gasteiger partial charge in [0.05, 0.1) is 6.20 Å². The van der Waals surface area contributed by atoms with Crippen LogP contribution < -0.4 is 0 Å². The van der Waals surface area contributed by atoms with Crippen molar-refractivity contribution in [3.63, 3.8) is 0 Å². The fourth-order valence-electron chi connectivity index (χ4n) is 0.447. The number of rotatable bonds is 2. The van der Waals surface area contributed by atoms with Crippen molar-refractivity contribution >= 4 is 0 Å². The van der Waals surface area contributed by atoms with Crippen molar-refractivity contribution in [1.29, 1.82) is 0 Å². The van der Waals surface area contributed by atoms with Crippen molar-refractivity contribution in [2.24, 2.45) is 0 Å². The Morgan fingerprint density at radius 3 is 3.11 bits per heavy atom. The van der Waals surface area contributed by atoms with E-state index in [0.717, 1.165) is 0 Å². The topological polar surface area (TPSA) is 69.2 Å². The average Bonchev–Trinajstić information content (AvgIpc) is 2.15.